The number of hydrogen-bond acceptors (Lipinski definition) is 3. The van der Waals surface area contributed by atoms with Crippen molar-refractivity contribution in [3.8, 4) is 0 Å². The Labute approximate surface area is 115 Å². The van der Waals surface area contributed by atoms with E-state index in [0.29, 0.717) is 12.1 Å². The number of anilines is 2. The minimum absolute atomic E-state index is 0.0244. The van der Waals surface area contributed by atoms with E-state index in [1.807, 2.05) is 12.1 Å². The van der Waals surface area contributed by atoms with Gasteiger partial charge in [0, 0.05) is 22.5 Å². The maximum absolute atomic E-state index is 11.8. The maximum Gasteiger partial charge on any atom is 0.226 e. The number of nitrogen functional groups attached to an aromatic ring is 1. The van der Waals surface area contributed by atoms with Crippen LogP contribution in [0.15, 0.2) is 22.7 Å². The van der Waals surface area contributed by atoms with Gasteiger partial charge < -0.3 is 15.8 Å². The number of amides is 1. The van der Waals surface area contributed by atoms with E-state index in [4.69, 9.17) is 10.5 Å². The molecule has 1 fully saturated rings. The first-order valence-corrected chi connectivity index (χ1v) is 6.91. The van der Waals surface area contributed by atoms with Crippen molar-refractivity contribution in [2.45, 2.75) is 31.8 Å². The van der Waals surface area contributed by atoms with Gasteiger partial charge in [0.15, 0.2) is 0 Å². The van der Waals surface area contributed by atoms with Crippen LogP contribution < -0.4 is 11.1 Å². The Morgan fingerprint density at radius 3 is 3.00 bits per heavy atom. The summed E-state index contributed by atoms with van der Waals surface area (Å²) in [6.45, 7) is 0.767. The van der Waals surface area contributed by atoms with Crippen molar-refractivity contribution in [3.05, 3.63) is 22.7 Å². The molecular formula is C13H17BrN2O2. The summed E-state index contributed by atoms with van der Waals surface area (Å²) in [6, 6.07) is 5.38. The molecule has 2 rings (SSSR count). The SMILES string of the molecule is Nc1cc(NC(=O)CC2CCCCO2)ccc1Br. The Morgan fingerprint density at radius 1 is 1.50 bits per heavy atom. The Hall–Kier alpha value is -1.07. The Morgan fingerprint density at radius 2 is 2.33 bits per heavy atom. The zero-order chi connectivity index (χ0) is 13.0. The van der Waals surface area contributed by atoms with Crippen LogP contribution in [0.1, 0.15) is 25.7 Å². The van der Waals surface area contributed by atoms with Crippen molar-refractivity contribution >= 4 is 33.2 Å². The van der Waals surface area contributed by atoms with Gasteiger partial charge in [-0.3, -0.25) is 4.79 Å². The molecule has 5 heteroatoms. The van der Waals surface area contributed by atoms with Gasteiger partial charge in [-0.2, -0.15) is 0 Å². The minimum atomic E-state index is -0.0244. The molecule has 4 nitrogen and oxygen atoms in total. The first-order valence-electron chi connectivity index (χ1n) is 6.11. The highest BCUT2D eigenvalue weighted by atomic mass is 79.9. The molecule has 3 N–H and O–H groups in total. The van der Waals surface area contributed by atoms with Crippen LogP contribution in [0.2, 0.25) is 0 Å². The normalized spacial score (nSPS) is 19.5. The van der Waals surface area contributed by atoms with E-state index in [1.54, 1.807) is 6.07 Å². The average molecular weight is 313 g/mol. The number of nitrogens with one attached hydrogen (secondary N) is 1. The molecule has 1 unspecified atom stereocenters. The fourth-order valence-corrected chi connectivity index (χ4v) is 2.26. The standard InChI is InChI=1S/C13H17BrN2O2/c14-11-5-4-9(7-12(11)15)16-13(17)8-10-3-1-2-6-18-10/h4-5,7,10H,1-3,6,8,15H2,(H,16,17). The monoisotopic (exact) mass is 312 g/mol. The van der Waals surface area contributed by atoms with Gasteiger partial charge in [0.2, 0.25) is 5.91 Å². The van der Waals surface area contributed by atoms with Crippen LogP contribution in [-0.4, -0.2) is 18.6 Å². The van der Waals surface area contributed by atoms with Gasteiger partial charge in [-0.25, -0.2) is 0 Å². The number of benzene rings is 1. The van der Waals surface area contributed by atoms with Gasteiger partial charge in [-0.15, -0.1) is 0 Å². The molecule has 0 bridgehead atoms. The number of carbonyl (C=O) groups excluding carboxylic acids is 1. The zero-order valence-electron chi connectivity index (χ0n) is 10.1. The van der Waals surface area contributed by atoms with Crippen molar-refractivity contribution in [3.63, 3.8) is 0 Å². The molecule has 0 saturated carbocycles. The molecule has 1 aromatic carbocycles. The number of rotatable bonds is 3. The van der Waals surface area contributed by atoms with Gasteiger partial charge in [-0.05, 0) is 53.4 Å². The lowest BCUT2D eigenvalue weighted by Crippen LogP contribution is -2.25. The molecule has 0 spiro atoms. The van der Waals surface area contributed by atoms with Crippen molar-refractivity contribution in [2.75, 3.05) is 17.7 Å². The molecule has 1 atom stereocenters. The molecule has 1 aliphatic rings. The van der Waals surface area contributed by atoms with E-state index in [9.17, 15) is 4.79 Å². The van der Waals surface area contributed by atoms with Crippen LogP contribution >= 0.6 is 15.9 Å². The molecule has 1 saturated heterocycles. The molecule has 1 aromatic rings. The molecule has 98 valence electrons. The number of halogens is 1. The summed E-state index contributed by atoms with van der Waals surface area (Å²) in [7, 11) is 0. The summed E-state index contributed by atoms with van der Waals surface area (Å²) in [5, 5.41) is 2.84. The molecule has 18 heavy (non-hydrogen) atoms. The van der Waals surface area contributed by atoms with Gasteiger partial charge in [0.25, 0.3) is 0 Å². The van der Waals surface area contributed by atoms with Gasteiger partial charge in [-0.1, -0.05) is 0 Å². The summed E-state index contributed by atoms with van der Waals surface area (Å²) < 4.78 is 6.37. The fraction of sp³-hybridized carbons (Fsp3) is 0.462. The molecule has 1 amide bonds. The van der Waals surface area contributed by atoms with E-state index >= 15 is 0 Å². The van der Waals surface area contributed by atoms with E-state index < -0.39 is 0 Å². The van der Waals surface area contributed by atoms with Crippen LogP contribution in [0.4, 0.5) is 11.4 Å². The van der Waals surface area contributed by atoms with Gasteiger partial charge in [0.05, 0.1) is 12.5 Å². The van der Waals surface area contributed by atoms with E-state index in [2.05, 4.69) is 21.2 Å². The van der Waals surface area contributed by atoms with Crippen LogP contribution in [0.5, 0.6) is 0 Å². The van der Waals surface area contributed by atoms with Crippen molar-refractivity contribution in [1.82, 2.24) is 0 Å². The molecule has 0 aliphatic carbocycles. The lowest BCUT2D eigenvalue weighted by atomic mass is 10.1. The predicted molar refractivity (Wildman–Crippen MR) is 75.4 cm³/mol. The maximum atomic E-state index is 11.8. The number of ether oxygens (including phenoxy) is 1. The fourth-order valence-electron chi connectivity index (χ4n) is 2.01. The third-order valence-corrected chi connectivity index (χ3v) is 3.69. The smallest absolute Gasteiger partial charge is 0.226 e. The van der Waals surface area contributed by atoms with Crippen LogP contribution in [0, 0.1) is 0 Å². The van der Waals surface area contributed by atoms with Crippen molar-refractivity contribution in [1.29, 1.82) is 0 Å². The highest BCUT2D eigenvalue weighted by Crippen LogP contribution is 2.23. The number of hydrogen-bond donors (Lipinski definition) is 2. The second-order valence-corrected chi connectivity index (χ2v) is 5.33. The van der Waals surface area contributed by atoms with Crippen LogP contribution in [0.3, 0.4) is 0 Å². The second-order valence-electron chi connectivity index (χ2n) is 4.48. The number of nitrogens with two attached hydrogens (primary N) is 1. The summed E-state index contributed by atoms with van der Waals surface area (Å²) in [6.07, 6.45) is 3.68. The Kier molecular flexibility index (Phi) is 4.60. The predicted octanol–water partition coefficient (Wildman–Crippen LogP) is 2.93. The van der Waals surface area contributed by atoms with E-state index in [1.165, 1.54) is 0 Å². The summed E-state index contributed by atoms with van der Waals surface area (Å²) in [4.78, 5) is 11.8. The highest BCUT2D eigenvalue weighted by Gasteiger charge is 2.17. The summed E-state index contributed by atoms with van der Waals surface area (Å²) in [5.41, 5.74) is 7.09. The van der Waals surface area contributed by atoms with Crippen molar-refractivity contribution in [2.24, 2.45) is 0 Å². The minimum Gasteiger partial charge on any atom is -0.398 e. The van der Waals surface area contributed by atoms with E-state index in [-0.39, 0.29) is 12.0 Å². The molecule has 1 heterocycles. The second kappa shape index (κ2) is 6.20. The molecule has 0 radical (unpaired) electrons. The zero-order valence-corrected chi connectivity index (χ0v) is 11.7. The Balaban J connectivity index is 1.88. The Bertz CT molecular complexity index is 431. The lowest BCUT2D eigenvalue weighted by Gasteiger charge is -2.21. The van der Waals surface area contributed by atoms with Gasteiger partial charge >= 0.3 is 0 Å². The topological polar surface area (TPSA) is 64.3 Å². The van der Waals surface area contributed by atoms with Crippen LogP contribution in [-0.2, 0) is 9.53 Å². The summed E-state index contributed by atoms with van der Waals surface area (Å²) >= 11 is 3.32. The van der Waals surface area contributed by atoms with E-state index in [0.717, 1.165) is 36.0 Å². The molecule has 0 aromatic heterocycles. The lowest BCUT2D eigenvalue weighted by molar-refractivity contribution is -0.119. The number of carbonyl (C=O) groups is 1. The highest BCUT2D eigenvalue weighted by molar-refractivity contribution is 9.10. The van der Waals surface area contributed by atoms with Gasteiger partial charge in [0.1, 0.15) is 0 Å². The third kappa shape index (κ3) is 3.71. The summed E-state index contributed by atoms with van der Waals surface area (Å²) in [5.74, 6) is -0.0244. The quantitative estimate of drug-likeness (QED) is 0.843. The first-order chi connectivity index (χ1) is 8.65. The largest absolute Gasteiger partial charge is 0.398 e. The first kappa shape index (κ1) is 13.4. The molecule has 1 aliphatic heterocycles. The average Bonchev–Trinajstić information content (AvgIpc) is 2.35. The van der Waals surface area contributed by atoms with Crippen molar-refractivity contribution < 1.29 is 9.53 Å². The molecular weight excluding hydrogens is 296 g/mol. The third-order valence-electron chi connectivity index (χ3n) is 2.97. The van der Waals surface area contributed by atoms with Crippen LogP contribution in [0.25, 0.3) is 0 Å².